The molecule has 7 nitrogen and oxygen atoms in total. The van der Waals surface area contributed by atoms with E-state index in [2.05, 4.69) is 0 Å². The highest BCUT2D eigenvalue weighted by molar-refractivity contribution is 5.91. The summed E-state index contributed by atoms with van der Waals surface area (Å²) in [5.74, 6) is -8.19. The number of hydrogen-bond donors (Lipinski definition) is 1. The van der Waals surface area contributed by atoms with Crippen molar-refractivity contribution in [2.45, 2.75) is 46.0 Å². The number of carbonyl (C=O) groups excluding carboxylic acids is 1. The predicted octanol–water partition coefficient (Wildman–Crippen LogP) is 3.60. The zero-order valence-electron chi connectivity index (χ0n) is 16.7. The molecule has 0 aromatic heterocycles. The van der Waals surface area contributed by atoms with Crippen LogP contribution in [-0.2, 0) is 14.3 Å². The fourth-order valence-electron chi connectivity index (χ4n) is 2.41. The van der Waals surface area contributed by atoms with E-state index in [0.29, 0.717) is 5.75 Å². The molecule has 2 unspecified atom stereocenters. The van der Waals surface area contributed by atoms with Crippen LogP contribution in [0.2, 0.25) is 0 Å². The Labute approximate surface area is 162 Å². The Morgan fingerprint density at radius 3 is 2.07 bits per heavy atom. The summed E-state index contributed by atoms with van der Waals surface area (Å²) < 4.78 is 48.7. The topological polar surface area (TPSA) is 91.3 Å². The summed E-state index contributed by atoms with van der Waals surface area (Å²) in [6.45, 7) is 6.40. The van der Waals surface area contributed by atoms with Gasteiger partial charge < -0.3 is 24.1 Å². The van der Waals surface area contributed by atoms with Gasteiger partial charge >= 0.3 is 17.9 Å². The molecule has 0 fully saturated rings. The second kappa shape index (κ2) is 9.68. The van der Waals surface area contributed by atoms with Gasteiger partial charge in [0.05, 0.1) is 12.7 Å². The van der Waals surface area contributed by atoms with Crippen molar-refractivity contribution in [1.82, 2.24) is 0 Å². The summed E-state index contributed by atoms with van der Waals surface area (Å²) in [6.07, 6.45) is -2.77. The number of methoxy groups -OCH3 is 2. The van der Waals surface area contributed by atoms with E-state index >= 15 is 0 Å². The first kappa shape index (κ1) is 23.6. The molecule has 0 spiro atoms. The number of ether oxygens (including phenoxy) is 4. The Morgan fingerprint density at radius 2 is 1.64 bits per heavy atom. The van der Waals surface area contributed by atoms with Crippen LogP contribution < -0.4 is 9.47 Å². The van der Waals surface area contributed by atoms with E-state index in [0.717, 1.165) is 0 Å². The number of benzene rings is 1. The largest absolute Gasteiger partial charge is 0.493 e. The average Bonchev–Trinajstić information content (AvgIpc) is 2.62. The molecule has 1 N–H and O–H groups in total. The first-order valence-electron chi connectivity index (χ1n) is 8.65. The number of aliphatic carboxylic acids is 1. The minimum Gasteiger partial charge on any atom is -0.493 e. The molecule has 0 radical (unpaired) electrons. The summed E-state index contributed by atoms with van der Waals surface area (Å²) in [7, 11) is 2.86. The lowest BCUT2D eigenvalue weighted by Gasteiger charge is -2.26. The maximum Gasteiger partial charge on any atom is 0.378 e. The number of alkyl halides is 2. The van der Waals surface area contributed by atoms with Gasteiger partial charge in [-0.15, -0.1) is 0 Å². The molecule has 158 valence electrons. The van der Waals surface area contributed by atoms with E-state index in [4.69, 9.17) is 24.1 Å². The number of carbonyl (C=O) groups is 2. The van der Waals surface area contributed by atoms with Gasteiger partial charge in [-0.05, 0) is 24.1 Å². The van der Waals surface area contributed by atoms with Crippen molar-refractivity contribution in [1.29, 1.82) is 0 Å². The SMILES string of the molecule is COc1ccc(C(=O)OC(C(C)C)C(F)(F)C(=O)O)cc1OC(OC)C(C)C. The van der Waals surface area contributed by atoms with Crippen LogP contribution in [0.1, 0.15) is 38.1 Å². The molecule has 1 aromatic rings. The summed E-state index contributed by atoms with van der Waals surface area (Å²) in [6, 6.07) is 3.99. The Balaban J connectivity index is 3.17. The van der Waals surface area contributed by atoms with Crippen molar-refractivity contribution in [3.8, 4) is 11.5 Å². The van der Waals surface area contributed by atoms with E-state index in [9.17, 15) is 18.4 Å². The lowest BCUT2D eigenvalue weighted by Crippen LogP contribution is -2.47. The zero-order valence-corrected chi connectivity index (χ0v) is 16.7. The quantitative estimate of drug-likeness (QED) is 0.471. The highest BCUT2D eigenvalue weighted by Gasteiger charge is 2.51. The molecule has 0 aliphatic carbocycles. The van der Waals surface area contributed by atoms with Gasteiger partial charge in [0.1, 0.15) is 0 Å². The minimum atomic E-state index is -4.23. The van der Waals surface area contributed by atoms with E-state index in [1.165, 1.54) is 46.3 Å². The van der Waals surface area contributed by atoms with Crippen LogP contribution in [0.25, 0.3) is 0 Å². The monoisotopic (exact) mass is 404 g/mol. The molecule has 28 heavy (non-hydrogen) atoms. The van der Waals surface area contributed by atoms with Crippen molar-refractivity contribution in [2.75, 3.05) is 14.2 Å². The third-order valence-electron chi connectivity index (χ3n) is 3.90. The Morgan fingerprint density at radius 1 is 1.04 bits per heavy atom. The van der Waals surface area contributed by atoms with Gasteiger partial charge in [0.25, 0.3) is 0 Å². The second-order valence-corrected chi connectivity index (χ2v) is 6.83. The van der Waals surface area contributed by atoms with E-state index < -0.39 is 36.2 Å². The molecule has 0 amide bonds. The lowest BCUT2D eigenvalue weighted by molar-refractivity contribution is -0.187. The maximum atomic E-state index is 13.9. The van der Waals surface area contributed by atoms with Crippen LogP contribution in [0.4, 0.5) is 8.78 Å². The maximum absolute atomic E-state index is 13.9. The molecule has 1 rings (SSSR count). The average molecular weight is 404 g/mol. The predicted molar refractivity (Wildman–Crippen MR) is 95.9 cm³/mol. The van der Waals surface area contributed by atoms with Gasteiger partial charge in [-0.3, -0.25) is 0 Å². The van der Waals surface area contributed by atoms with Crippen LogP contribution in [0, 0.1) is 11.8 Å². The third-order valence-corrected chi connectivity index (χ3v) is 3.90. The summed E-state index contributed by atoms with van der Waals surface area (Å²) in [4.78, 5) is 23.2. The summed E-state index contributed by atoms with van der Waals surface area (Å²) >= 11 is 0. The van der Waals surface area contributed by atoms with Crippen LogP contribution >= 0.6 is 0 Å². The fraction of sp³-hybridized carbons (Fsp3) is 0.579. The van der Waals surface area contributed by atoms with Crippen LogP contribution in [0.5, 0.6) is 11.5 Å². The van der Waals surface area contributed by atoms with E-state index in [1.54, 1.807) is 0 Å². The summed E-state index contributed by atoms with van der Waals surface area (Å²) in [5.41, 5.74) is -0.0961. The lowest BCUT2D eigenvalue weighted by atomic mass is 10.0. The first-order chi connectivity index (χ1) is 12.9. The van der Waals surface area contributed by atoms with Crippen molar-refractivity contribution in [3.63, 3.8) is 0 Å². The number of carboxylic acid groups (broad SMARTS) is 1. The normalized spacial score (nSPS) is 13.9. The molecular formula is C19H26F2O7. The number of rotatable bonds is 10. The van der Waals surface area contributed by atoms with Gasteiger partial charge in [-0.1, -0.05) is 27.7 Å². The number of hydrogen-bond acceptors (Lipinski definition) is 6. The first-order valence-corrected chi connectivity index (χ1v) is 8.65. The number of halogens is 2. The Hall–Kier alpha value is -2.42. The molecule has 2 atom stereocenters. The molecule has 0 bridgehead atoms. The Kier molecular flexibility index (Phi) is 8.16. The molecule has 1 aromatic carbocycles. The van der Waals surface area contributed by atoms with Crippen LogP contribution in [0.3, 0.4) is 0 Å². The second-order valence-electron chi connectivity index (χ2n) is 6.83. The molecule has 0 aliphatic heterocycles. The molecule has 0 saturated carbocycles. The van der Waals surface area contributed by atoms with Crippen molar-refractivity contribution < 1.29 is 42.4 Å². The molecular weight excluding hydrogens is 378 g/mol. The summed E-state index contributed by atoms with van der Waals surface area (Å²) in [5, 5.41) is 8.74. The van der Waals surface area contributed by atoms with Gasteiger partial charge in [0.15, 0.2) is 17.6 Å². The molecule has 0 aliphatic rings. The smallest absolute Gasteiger partial charge is 0.378 e. The molecule has 9 heteroatoms. The van der Waals surface area contributed by atoms with Crippen molar-refractivity contribution in [2.24, 2.45) is 11.8 Å². The van der Waals surface area contributed by atoms with Gasteiger partial charge in [-0.25, -0.2) is 9.59 Å². The van der Waals surface area contributed by atoms with Crippen molar-refractivity contribution in [3.05, 3.63) is 23.8 Å². The van der Waals surface area contributed by atoms with Crippen LogP contribution in [-0.4, -0.2) is 49.6 Å². The standard InChI is InChI=1S/C19H26F2O7/c1-10(2)15(19(20,21)18(23)24)28-16(22)12-7-8-13(25-5)14(9-12)27-17(26-6)11(3)4/h7-11,15,17H,1-6H3,(H,23,24). The van der Waals surface area contributed by atoms with Gasteiger partial charge in [0, 0.05) is 13.0 Å². The number of esters is 1. The van der Waals surface area contributed by atoms with E-state index in [-0.39, 0.29) is 17.2 Å². The number of carboxylic acids is 1. The fourth-order valence-corrected chi connectivity index (χ4v) is 2.41. The van der Waals surface area contributed by atoms with Crippen LogP contribution in [0.15, 0.2) is 18.2 Å². The minimum absolute atomic E-state index is 0.0232. The third kappa shape index (κ3) is 5.54. The highest BCUT2D eigenvalue weighted by atomic mass is 19.3. The van der Waals surface area contributed by atoms with Crippen molar-refractivity contribution >= 4 is 11.9 Å². The molecule has 0 heterocycles. The Bertz CT molecular complexity index is 689. The highest BCUT2D eigenvalue weighted by Crippen LogP contribution is 2.32. The van der Waals surface area contributed by atoms with E-state index in [1.807, 2.05) is 13.8 Å². The van der Waals surface area contributed by atoms with Gasteiger partial charge in [-0.2, -0.15) is 8.78 Å². The zero-order chi connectivity index (χ0) is 21.6. The van der Waals surface area contributed by atoms with Gasteiger partial charge in [0.2, 0.25) is 6.29 Å². The molecule has 0 saturated heterocycles.